The van der Waals surface area contributed by atoms with Crippen LogP contribution in [0.1, 0.15) is 20.3 Å². The number of ether oxygens (including phenoxy) is 1. The van der Waals surface area contributed by atoms with Crippen molar-refractivity contribution in [3.63, 3.8) is 0 Å². The van der Waals surface area contributed by atoms with Crippen LogP contribution in [0.4, 0.5) is 4.79 Å². The molecule has 3 heterocycles. The second kappa shape index (κ2) is 5.97. The number of carbonyl (C=O) groups is 4. The van der Waals surface area contributed by atoms with Crippen LogP contribution in [-0.4, -0.2) is 56.7 Å². The third kappa shape index (κ3) is 3.09. The summed E-state index contributed by atoms with van der Waals surface area (Å²) in [5.41, 5.74) is -0.888. The van der Waals surface area contributed by atoms with E-state index in [-0.39, 0.29) is 12.5 Å². The molecule has 0 bridgehead atoms. The van der Waals surface area contributed by atoms with Gasteiger partial charge in [0.2, 0.25) is 5.91 Å². The SMILES string of the molecule is C[C@@H]1CN(C(=O)NC(=O)C(Cl)(Cl)Cl)[C@H]2[C@H]3C(=O)NC(=O)[C@H]3O[C@@]2(C)C1. The number of carbonyl (C=O) groups excluding carboxylic acids is 4. The Morgan fingerprint density at radius 2 is 1.96 bits per heavy atom. The summed E-state index contributed by atoms with van der Waals surface area (Å²) in [6.45, 7) is 3.92. The van der Waals surface area contributed by atoms with Gasteiger partial charge in [-0.25, -0.2) is 4.79 Å². The minimum atomic E-state index is -2.30. The molecule has 0 aromatic heterocycles. The fourth-order valence-electron chi connectivity index (χ4n) is 4.10. The fraction of sp³-hybridized carbons (Fsp3) is 0.714. The molecule has 0 saturated carbocycles. The van der Waals surface area contributed by atoms with Gasteiger partial charge < -0.3 is 9.64 Å². The van der Waals surface area contributed by atoms with Crippen molar-refractivity contribution in [2.45, 2.75) is 41.8 Å². The fourth-order valence-corrected chi connectivity index (χ4v) is 4.24. The average Bonchev–Trinajstić information content (AvgIpc) is 2.90. The monoisotopic (exact) mass is 411 g/mol. The highest BCUT2D eigenvalue weighted by Crippen LogP contribution is 2.47. The Morgan fingerprint density at radius 1 is 1.32 bits per heavy atom. The van der Waals surface area contributed by atoms with E-state index in [9.17, 15) is 19.2 Å². The first-order chi connectivity index (χ1) is 11.4. The second-order valence-corrected chi connectivity index (χ2v) is 9.18. The molecule has 0 aromatic carbocycles. The largest absolute Gasteiger partial charge is 0.359 e. The minimum Gasteiger partial charge on any atom is -0.359 e. The van der Waals surface area contributed by atoms with Crippen molar-refractivity contribution in [3.05, 3.63) is 0 Å². The van der Waals surface area contributed by atoms with Crippen molar-refractivity contribution < 1.29 is 23.9 Å². The maximum absolute atomic E-state index is 12.6. The molecule has 0 unspecified atom stereocenters. The Labute approximate surface area is 158 Å². The molecular formula is C14H16Cl3N3O5. The Balaban J connectivity index is 1.90. The van der Waals surface area contributed by atoms with Gasteiger partial charge in [0, 0.05) is 6.54 Å². The predicted molar refractivity (Wildman–Crippen MR) is 88.0 cm³/mol. The zero-order valence-electron chi connectivity index (χ0n) is 13.3. The van der Waals surface area contributed by atoms with E-state index >= 15 is 0 Å². The lowest BCUT2D eigenvalue weighted by atomic mass is 9.77. The number of likely N-dealkylation sites (tertiary alicyclic amines) is 1. The van der Waals surface area contributed by atoms with Gasteiger partial charge in [-0.2, -0.15) is 0 Å². The zero-order chi connectivity index (χ0) is 18.7. The summed E-state index contributed by atoms with van der Waals surface area (Å²) in [6, 6.07) is -1.50. The van der Waals surface area contributed by atoms with Crippen molar-refractivity contribution in [2.24, 2.45) is 11.8 Å². The molecule has 0 aromatic rings. The topological polar surface area (TPSA) is 105 Å². The third-order valence-electron chi connectivity index (χ3n) is 4.83. The molecule has 0 radical (unpaired) electrons. The van der Waals surface area contributed by atoms with Crippen molar-refractivity contribution in [3.8, 4) is 0 Å². The van der Waals surface area contributed by atoms with Crippen LogP contribution in [0.15, 0.2) is 0 Å². The van der Waals surface area contributed by atoms with Gasteiger partial charge in [-0.3, -0.25) is 25.0 Å². The summed E-state index contributed by atoms with van der Waals surface area (Å²) in [6.07, 6.45) is -0.389. The van der Waals surface area contributed by atoms with Gasteiger partial charge in [0.1, 0.15) is 0 Å². The number of fused-ring (bicyclic) bond motifs is 3. The first-order valence-corrected chi connectivity index (χ1v) is 8.79. The Morgan fingerprint density at radius 3 is 2.56 bits per heavy atom. The maximum Gasteiger partial charge on any atom is 0.324 e. The number of nitrogens with zero attached hydrogens (tertiary/aromatic N) is 1. The number of piperidine rings is 1. The van der Waals surface area contributed by atoms with E-state index in [1.165, 1.54) is 4.90 Å². The molecule has 2 N–H and O–H groups in total. The Hall–Kier alpha value is -1.09. The van der Waals surface area contributed by atoms with Crippen LogP contribution < -0.4 is 10.6 Å². The van der Waals surface area contributed by atoms with Crippen LogP contribution in [0.25, 0.3) is 0 Å². The molecule has 25 heavy (non-hydrogen) atoms. The van der Waals surface area contributed by atoms with E-state index in [4.69, 9.17) is 39.5 Å². The lowest BCUT2D eigenvalue weighted by Crippen LogP contribution is -2.63. The van der Waals surface area contributed by atoms with Crippen LogP contribution in [0.5, 0.6) is 0 Å². The minimum absolute atomic E-state index is 0.0202. The van der Waals surface area contributed by atoms with Crippen LogP contribution in [0, 0.1) is 11.8 Å². The van der Waals surface area contributed by atoms with Gasteiger partial charge in [0.05, 0.1) is 17.6 Å². The summed E-state index contributed by atoms with van der Waals surface area (Å²) in [5, 5.41) is 4.24. The number of alkyl halides is 3. The van der Waals surface area contributed by atoms with Gasteiger partial charge in [0.15, 0.2) is 6.10 Å². The Bertz CT molecular complexity index is 667. The number of rotatable bonds is 0. The van der Waals surface area contributed by atoms with Crippen LogP contribution in [0.3, 0.4) is 0 Å². The first-order valence-electron chi connectivity index (χ1n) is 7.65. The standard InChI is InChI=1S/C14H16Cl3N3O5/c1-5-3-13(2)8(6-7(25-13)10(22)18-9(6)21)20(4-5)12(24)19-11(23)14(15,16)17/h5-8H,3-4H2,1-2H3,(H,18,21,22)(H,19,23,24)/t5-,6-,7-,8-,13-/m0/s1. The lowest BCUT2D eigenvalue weighted by molar-refractivity contribution is -0.139. The van der Waals surface area contributed by atoms with Crippen molar-refractivity contribution in [1.29, 1.82) is 0 Å². The van der Waals surface area contributed by atoms with E-state index in [1.807, 2.05) is 12.2 Å². The molecule has 5 atom stereocenters. The maximum atomic E-state index is 12.6. The normalized spacial score (nSPS) is 37.4. The van der Waals surface area contributed by atoms with Crippen LogP contribution in [-0.2, 0) is 19.1 Å². The molecule has 3 aliphatic heterocycles. The van der Waals surface area contributed by atoms with Gasteiger partial charge in [-0.1, -0.05) is 41.7 Å². The average molecular weight is 413 g/mol. The highest BCUT2D eigenvalue weighted by molar-refractivity contribution is 6.76. The number of hydrogen-bond acceptors (Lipinski definition) is 5. The van der Waals surface area contributed by atoms with Gasteiger partial charge >= 0.3 is 6.03 Å². The first kappa shape index (κ1) is 18.7. The predicted octanol–water partition coefficient (Wildman–Crippen LogP) is 0.733. The Kier molecular flexibility index (Phi) is 4.47. The van der Waals surface area contributed by atoms with E-state index in [0.717, 1.165) is 0 Å². The summed E-state index contributed by atoms with van der Waals surface area (Å²) in [5.74, 6) is -2.92. The number of hydrogen-bond donors (Lipinski definition) is 2. The molecule has 138 valence electrons. The summed E-state index contributed by atoms with van der Waals surface area (Å²) in [4.78, 5) is 49.9. The number of nitrogens with one attached hydrogen (secondary N) is 2. The second-order valence-electron chi connectivity index (χ2n) is 6.89. The molecule has 0 spiro atoms. The van der Waals surface area contributed by atoms with E-state index in [1.54, 1.807) is 6.92 Å². The van der Waals surface area contributed by atoms with Gasteiger partial charge in [-0.05, 0) is 19.3 Å². The number of urea groups is 1. The molecule has 5 amide bonds. The molecule has 8 nitrogen and oxygen atoms in total. The number of halogens is 3. The van der Waals surface area contributed by atoms with Crippen molar-refractivity contribution >= 4 is 58.6 Å². The summed E-state index contributed by atoms with van der Waals surface area (Å²) < 4.78 is 3.57. The van der Waals surface area contributed by atoms with Crippen molar-refractivity contribution in [1.82, 2.24) is 15.5 Å². The van der Waals surface area contributed by atoms with Gasteiger partial charge in [0.25, 0.3) is 15.6 Å². The van der Waals surface area contributed by atoms with Gasteiger partial charge in [-0.15, -0.1) is 0 Å². The van der Waals surface area contributed by atoms with Crippen LogP contribution >= 0.6 is 34.8 Å². The van der Waals surface area contributed by atoms with Crippen LogP contribution in [0.2, 0.25) is 0 Å². The smallest absolute Gasteiger partial charge is 0.324 e. The lowest BCUT2D eigenvalue weighted by Gasteiger charge is -2.46. The molecule has 3 fully saturated rings. The molecule has 3 rings (SSSR count). The third-order valence-corrected chi connectivity index (χ3v) is 5.35. The molecule has 11 heteroatoms. The number of imide groups is 2. The quantitative estimate of drug-likeness (QED) is 0.451. The number of amides is 5. The molecule has 3 aliphatic rings. The zero-order valence-corrected chi connectivity index (χ0v) is 15.6. The molecule has 3 saturated heterocycles. The highest BCUT2D eigenvalue weighted by Gasteiger charge is 2.65. The summed E-state index contributed by atoms with van der Waals surface area (Å²) >= 11 is 16.4. The highest BCUT2D eigenvalue weighted by atomic mass is 35.6. The summed E-state index contributed by atoms with van der Waals surface area (Å²) in [7, 11) is 0. The molecular weight excluding hydrogens is 397 g/mol. The van der Waals surface area contributed by atoms with E-state index < -0.39 is 51.2 Å². The molecule has 0 aliphatic carbocycles. The van der Waals surface area contributed by atoms with E-state index in [2.05, 4.69) is 5.32 Å². The van der Waals surface area contributed by atoms with Crippen molar-refractivity contribution in [2.75, 3.05) is 6.54 Å². The van der Waals surface area contributed by atoms with E-state index in [0.29, 0.717) is 6.42 Å².